The fraction of sp³-hybridized carbons (Fsp3) is 0.364. The molecule has 1 aliphatic rings. The Hall–Kier alpha value is -2.31. The van der Waals surface area contributed by atoms with Gasteiger partial charge in [-0.05, 0) is 0 Å². The highest BCUT2D eigenvalue weighted by atomic mass is 16.6. The molecule has 0 aliphatic carbocycles. The minimum absolute atomic E-state index is 0.0531. The van der Waals surface area contributed by atoms with Gasteiger partial charge in [0.1, 0.15) is 12.6 Å². The van der Waals surface area contributed by atoms with E-state index in [0.29, 0.717) is 5.69 Å². The summed E-state index contributed by atoms with van der Waals surface area (Å²) >= 11 is 0. The smallest absolute Gasteiger partial charge is 0.411 e. The SMILES string of the molecule is C=CCOC(=O)N1Cc2[nH]cnc2CC1C(=O)O. The van der Waals surface area contributed by atoms with Crippen LogP contribution >= 0.6 is 0 Å². The van der Waals surface area contributed by atoms with Gasteiger partial charge in [-0.2, -0.15) is 0 Å². The van der Waals surface area contributed by atoms with Crippen LogP contribution in [-0.4, -0.2) is 44.7 Å². The molecule has 18 heavy (non-hydrogen) atoms. The summed E-state index contributed by atoms with van der Waals surface area (Å²) in [5, 5.41) is 9.14. The molecule has 0 radical (unpaired) electrons. The number of amides is 1. The zero-order valence-corrected chi connectivity index (χ0v) is 9.63. The van der Waals surface area contributed by atoms with Crippen LogP contribution in [0, 0.1) is 0 Å². The van der Waals surface area contributed by atoms with E-state index in [4.69, 9.17) is 9.84 Å². The number of aliphatic carboxylic acids is 1. The molecule has 1 unspecified atom stereocenters. The molecule has 2 heterocycles. The molecule has 1 aromatic heterocycles. The Labute approximate surface area is 103 Å². The number of hydrogen-bond acceptors (Lipinski definition) is 4. The number of aromatic nitrogens is 2. The monoisotopic (exact) mass is 251 g/mol. The Kier molecular flexibility index (Phi) is 3.31. The summed E-state index contributed by atoms with van der Waals surface area (Å²) in [7, 11) is 0. The molecule has 1 amide bonds. The van der Waals surface area contributed by atoms with Gasteiger partial charge in [0.2, 0.25) is 0 Å². The largest absolute Gasteiger partial charge is 0.480 e. The highest BCUT2D eigenvalue weighted by Crippen LogP contribution is 2.21. The molecule has 0 saturated carbocycles. The minimum atomic E-state index is -1.07. The summed E-state index contributed by atoms with van der Waals surface area (Å²) in [6.07, 6.45) is 2.43. The van der Waals surface area contributed by atoms with E-state index in [-0.39, 0.29) is 19.6 Å². The molecule has 0 aromatic carbocycles. The van der Waals surface area contributed by atoms with Gasteiger partial charge in [-0.15, -0.1) is 0 Å². The molecule has 2 N–H and O–H groups in total. The first-order valence-corrected chi connectivity index (χ1v) is 5.41. The fourth-order valence-electron chi connectivity index (χ4n) is 1.86. The number of nitrogens with zero attached hydrogens (tertiary/aromatic N) is 2. The van der Waals surface area contributed by atoms with Gasteiger partial charge >= 0.3 is 12.1 Å². The van der Waals surface area contributed by atoms with Crippen molar-refractivity contribution >= 4 is 12.1 Å². The summed E-state index contributed by atoms with van der Waals surface area (Å²) in [6, 6.07) is -0.946. The van der Waals surface area contributed by atoms with Crippen molar-refractivity contribution in [1.29, 1.82) is 0 Å². The Morgan fingerprint density at radius 2 is 2.50 bits per heavy atom. The molecule has 0 saturated heterocycles. The third kappa shape index (κ3) is 2.20. The number of hydrogen-bond donors (Lipinski definition) is 2. The predicted molar refractivity (Wildman–Crippen MR) is 60.8 cm³/mol. The maximum absolute atomic E-state index is 11.8. The van der Waals surface area contributed by atoms with E-state index in [9.17, 15) is 9.59 Å². The lowest BCUT2D eigenvalue weighted by atomic mass is 10.0. The summed E-state index contributed by atoms with van der Waals surface area (Å²) in [5.41, 5.74) is 1.42. The first-order valence-electron chi connectivity index (χ1n) is 5.41. The second-order valence-corrected chi connectivity index (χ2v) is 3.88. The van der Waals surface area contributed by atoms with Crippen LogP contribution in [0.1, 0.15) is 11.4 Å². The highest BCUT2D eigenvalue weighted by molar-refractivity contribution is 5.81. The van der Waals surface area contributed by atoms with Gasteiger partial charge < -0.3 is 14.8 Å². The molecule has 0 spiro atoms. The molecule has 2 rings (SSSR count). The van der Waals surface area contributed by atoms with Crippen molar-refractivity contribution in [3.8, 4) is 0 Å². The molecule has 1 atom stereocenters. The van der Waals surface area contributed by atoms with E-state index >= 15 is 0 Å². The standard InChI is InChI=1S/C11H13N3O4/c1-2-3-18-11(17)14-5-8-7(12-6-13-8)4-9(14)10(15)16/h2,6,9H,1,3-5H2,(H,12,13)(H,15,16). The summed E-state index contributed by atoms with van der Waals surface area (Å²) in [4.78, 5) is 31.0. The summed E-state index contributed by atoms with van der Waals surface area (Å²) in [6.45, 7) is 3.64. The van der Waals surface area contributed by atoms with Gasteiger partial charge in [-0.3, -0.25) is 4.90 Å². The molecule has 96 valence electrons. The molecular formula is C11H13N3O4. The van der Waals surface area contributed by atoms with Crippen LogP contribution in [0.5, 0.6) is 0 Å². The number of aromatic amines is 1. The maximum Gasteiger partial charge on any atom is 0.411 e. The first kappa shape index (κ1) is 12.2. The van der Waals surface area contributed by atoms with Gasteiger partial charge in [0.15, 0.2) is 0 Å². The highest BCUT2D eigenvalue weighted by Gasteiger charge is 2.36. The Bertz CT molecular complexity index is 482. The molecule has 7 nitrogen and oxygen atoms in total. The van der Waals surface area contributed by atoms with E-state index in [2.05, 4.69) is 16.5 Å². The van der Waals surface area contributed by atoms with Crippen LogP contribution in [-0.2, 0) is 22.5 Å². The number of nitrogens with one attached hydrogen (secondary N) is 1. The summed E-state index contributed by atoms with van der Waals surface area (Å²) < 4.78 is 4.87. The molecule has 0 fully saturated rings. The number of fused-ring (bicyclic) bond motifs is 1. The maximum atomic E-state index is 11.8. The topological polar surface area (TPSA) is 95.5 Å². The third-order valence-corrected chi connectivity index (χ3v) is 2.74. The van der Waals surface area contributed by atoms with Crippen LogP contribution in [0.25, 0.3) is 0 Å². The molecule has 7 heteroatoms. The lowest BCUT2D eigenvalue weighted by Crippen LogP contribution is -2.48. The van der Waals surface area contributed by atoms with Crippen molar-refractivity contribution in [3.63, 3.8) is 0 Å². The number of carbonyl (C=O) groups is 2. The Morgan fingerprint density at radius 1 is 1.72 bits per heavy atom. The van der Waals surface area contributed by atoms with Gasteiger partial charge in [0, 0.05) is 6.42 Å². The van der Waals surface area contributed by atoms with Crippen LogP contribution in [0.4, 0.5) is 4.79 Å². The molecule has 1 aliphatic heterocycles. The lowest BCUT2D eigenvalue weighted by molar-refractivity contribution is -0.143. The quantitative estimate of drug-likeness (QED) is 0.764. The molecule has 0 bridgehead atoms. The van der Waals surface area contributed by atoms with E-state index in [1.807, 2.05) is 0 Å². The molecular weight excluding hydrogens is 238 g/mol. The van der Waals surface area contributed by atoms with Crippen LogP contribution in [0.3, 0.4) is 0 Å². The van der Waals surface area contributed by atoms with E-state index in [1.165, 1.54) is 17.3 Å². The predicted octanol–water partition coefficient (Wildman–Crippen LogP) is 0.544. The van der Waals surface area contributed by atoms with Gasteiger partial charge in [0.05, 0.1) is 24.3 Å². The van der Waals surface area contributed by atoms with Crippen molar-refractivity contribution < 1.29 is 19.4 Å². The minimum Gasteiger partial charge on any atom is -0.480 e. The van der Waals surface area contributed by atoms with Gasteiger partial charge in [0.25, 0.3) is 0 Å². The first-order chi connectivity index (χ1) is 8.63. The van der Waals surface area contributed by atoms with Gasteiger partial charge in [-0.1, -0.05) is 12.7 Å². The van der Waals surface area contributed by atoms with Gasteiger partial charge in [-0.25, -0.2) is 14.6 Å². The Morgan fingerprint density at radius 3 is 3.17 bits per heavy atom. The van der Waals surface area contributed by atoms with Crippen LogP contribution in [0.15, 0.2) is 19.0 Å². The van der Waals surface area contributed by atoms with Crippen molar-refractivity contribution in [1.82, 2.24) is 14.9 Å². The van der Waals surface area contributed by atoms with Crippen molar-refractivity contribution in [2.45, 2.75) is 19.0 Å². The lowest BCUT2D eigenvalue weighted by Gasteiger charge is -2.31. The number of carboxylic acids is 1. The number of carboxylic acid groups (broad SMARTS) is 1. The Balaban J connectivity index is 2.19. The van der Waals surface area contributed by atoms with Crippen molar-refractivity contribution in [2.24, 2.45) is 0 Å². The zero-order valence-electron chi connectivity index (χ0n) is 9.63. The summed E-state index contributed by atoms with van der Waals surface area (Å²) in [5.74, 6) is -1.07. The van der Waals surface area contributed by atoms with Crippen LogP contribution in [0.2, 0.25) is 0 Å². The van der Waals surface area contributed by atoms with E-state index < -0.39 is 18.1 Å². The van der Waals surface area contributed by atoms with E-state index in [0.717, 1.165) is 5.69 Å². The number of H-pyrrole nitrogens is 1. The van der Waals surface area contributed by atoms with Crippen LogP contribution < -0.4 is 0 Å². The second kappa shape index (κ2) is 4.91. The second-order valence-electron chi connectivity index (χ2n) is 3.88. The number of ether oxygens (including phenoxy) is 1. The van der Waals surface area contributed by atoms with E-state index in [1.54, 1.807) is 0 Å². The number of imidazole rings is 1. The average molecular weight is 251 g/mol. The number of rotatable bonds is 3. The van der Waals surface area contributed by atoms with Crippen molar-refractivity contribution in [3.05, 3.63) is 30.4 Å². The number of carbonyl (C=O) groups excluding carboxylic acids is 1. The van der Waals surface area contributed by atoms with Crippen molar-refractivity contribution in [2.75, 3.05) is 6.61 Å². The fourth-order valence-corrected chi connectivity index (χ4v) is 1.86. The zero-order chi connectivity index (χ0) is 13.1. The average Bonchev–Trinajstić information content (AvgIpc) is 2.81. The molecule has 1 aromatic rings. The normalized spacial score (nSPS) is 18.0. The third-order valence-electron chi connectivity index (χ3n) is 2.74.